The van der Waals surface area contributed by atoms with E-state index in [0.717, 1.165) is 27.8 Å². The van der Waals surface area contributed by atoms with Crippen LogP contribution in [0.4, 0.5) is 0 Å². The van der Waals surface area contributed by atoms with Gasteiger partial charge in [-0.2, -0.15) is 0 Å². The smallest absolute Gasteiger partial charge is 0.333 e. The van der Waals surface area contributed by atoms with Gasteiger partial charge in [0.05, 0.1) is 7.11 Å². The van der Waals surface area contributed by atoms with E-state index in [9.17, 15) is 14.4 Å². The topological polar surface area (TPSA) is 104 Å². The number of esters is 2. The summed E-state index contributed by atoms with van der Waals surface area (Å²) in [6.45, 7) is 8.85. The van der Waals surface area contributed by atoms with Crippen molar-refractivity contribution in [3.63, 3.8) is 0 Å². The van der Waals surface area contributed by atoms with Gasteiger partial charge < -0.3 is 19.5 Å². The highest BCUT2D eigenvalue weighted by atomic mass is 16.6. The number of aromatic nitrogens is 1. The summed E-state index contributed by atoms with van der Waals surface area (Å²) >= 11 is 0. The molecule has 2 aromatic carbocycles. The number of hydrogen-bond donors (Lipinski definition) is 1. The SMILES string of the molecule is CCC(=O)Oc1c(OC)ccnc1C(=O)N[C@@H](C)C(=O)OC(C)=C(c1ccc(C)cc1)c1ccc(C)cc1. The molecule has 1 aromatic heterocycles. The second kappa shape index (κ2) is 12.7. The van der Waals surface area contributed by atoms with Gasteiger partial charge in [-0.3, -0.25) is 9.59 Å². The zero-order chi connectivity index (χ0) is 27.8. The van der Waals surface area contributed by atoms with Crippen LogP contribution in [0.15, 0.2) is 66.6 Å². The van der Waals surface area contributed by atoms with Crippen LogP contribution in [-0.2, 0) is 14.3 Å². The first-order chi connectivity index (χ1) is 18.1. The van der Waals surface area contributed by atoms with Gasteiger partial charge in [-0.15, -0.1) is 0 Å². The Kier molecular flexibility index (Phi) is 9.38. The molecule has 0 bridgehead atoms. The summed E-state index contributed by atoms with van der Waals surface area (Å²) in [4.78, 5) is 42.0. The normalized spacial score (nSPS) is 11.2. The molecule has 8 nitrogen and oxygen atoms in total. The van der Waals surface area contributed by atoms with Crippen LogP contribution >= 0.6 is 0 Å². The molecule has 0 unspecified atom stereocenters. The first kappa shape index (κ1) is 28.1. The number of carbonyl (C=O) groups is 3. The number of nitrogens with zero attached hydrogens (tertiary/aromatic N) is 1. The fourth-order valence-corrected chi connectivity index (χ4v) is 3.67. The third-order valence-electron chi connectivity index (χ3n) is 5.80. The number of rotatable bonds is 9. The minimum atomic E-state index is -1.03. The molecule has 0 fully saturated rings. The van der Waals surface area contributed by atoms with E-state index in [4.69, 9.17) is 14.2 Å². The van der Waals surface area contributed by atoms with Crippen LogP contribution in [0.2, 0.25) is 0 Å². The van der Waals surface area contributed by atoms with Gasteiger partial charge in [0, 0.05) is 24.3 Å². The van der Waals surface area contributed by atoms with Crippen LogP contribution in [-0.4, -0.2) is 36.0 Å². The molecule has 0 saturated carbocycles. The predicted octanol–water partition coefficient (Wildman–Crippen LogP) is 5.16. The van der Waals surface area contributed by atoms with Crippen LogP contribution in [0.25, 0.3) is 5.57 Å². The van der Waals surface area contributed by atoms with E-state index in [0.29, 0.717) is 5.76 Å². The van der Waals surface area contributed by atoms with Gasteiger partial charge in [0.25, 0.3) is 5.91 Å². The number of ether oxygens (including phenoxy) is 3. The van der Waals surface area contributed by atoms with Gasteiger partial charge in [0.2, 0.25) is 5.75 Å². The van der Waals surface area contributed by atoms with Crippen molar-refractivity contribution >= 4 is 23.4 Å². The number of hydrogen-bond acceptors (Lipinski definition) is 7. The molecular formula is C30H32N2O6. The number of pyridine rings is 1. The van der Waals surface area contributed by atoms with Crippen molar-refractivity contribution in [3.8, 4) is 11.5 Å². The van der Waals surface area contributed by atoms with Gasteiger partial charge in [-0.25, -0.2) is 9.78 Å². The van der Waals surface area contributed by atoms with E-state index in [1.165, 1.54) is 26.3 Å². The second-order valence-electron chi connectivity index (χ2n) is 8.80. The van der Waals surface area contributed by atoms with Crippen molar-refractivity contribution in [2.24, 2.45) is 0 Å². The summed E-state index contributed by atoms with van der Waals surface area (Å²) in [5, 5.41) is 2.57. The third-order valence-corrected chi connectivity index (χ3v) is 5.80. The number of aryl methyl sites for hydroxylation is 2. The van der Waals surface area contributed by atoms with Gasteiger partial charge >= 0.3 is 11.9 Å². The molecule has 38 heavy (non-hydrogen) atoms. The third kappa shape index (κ3) is 6.85. The summed E-state index contributed by atoms with van der Waals surface area (Å²) in [5.41, 5.74) is 4.59. The average Bonchev–Trinajstić information content (AvgIpc) is 2.90. The van der Waals surface area contributed by atoms with E-state index in [1.54, 1.807) is 13.8 Å². The Hall–Kier alpha value is -4.46. The Balaban J connectivity index is 1.86. The van der Waals surface area contributed by atoms with Gasteiger partial charge in [0.1, 0.15) is 11.8 Å². The van der Waals surface area contributed by atoms with Gasteiger partial charge in [-0.05, 0) is 38.8 Å². The highest BCUT2D eigenvalue weighted by Gasteiger charge is 2.26. The molecule has 198 valence electrons. The molecule has 0 saturated heterocycles. The van der Waals surface area contributed by atoms with Crippen LogP contribution in [0.3, 0.4) is 0 Å². The number of methoxy groups -OCH3 is 1. The average molecular weight is 517 g/mol. The van der Waals surface area contributed by atoms with Crippen LogP contribution in [0.1, 0.15) is 59.9 Å². The van der Waals surface area contributed by atoms with Crippen molar-refractivity contribution in [1.82, 2.24) is 10.3 Å². The molecule has 1 N–H and O–H groups in total. The Labute approximate surface area is 222 Å². The van der Waals surface area contributed by atoms with Crippen LogP contribution < -0.4 is 14.8 Å². The maximum atomic E-state index is 13.0. The van der Waals surface area contributed by atoms with E-state index in [2.05, 4.69) is 10.3 Å². The largest absolute Gasteiger partial charge is 0.493 e. The quantitative estimate of drug-likeness (QED) is 0.309. The van der Waals surface area contributed by atoms with Crippen LogP contribution in [0.5, 0.6) is 11.5 Å². The summed E-state index contributed by atoms with van der Waals surface area (Å²) in [5.74, 6) is -1.49. The lowest BCUT2D eigenvalue weighted by molar-refractivity contribution is -0.141. The highest BCUT2D eigenvalue weighted by Crippen LogP contribution is 2.31. The minimum Gasteiger partial charge on any atom is -0.493 e. The molecule has 1 amide bonds. The molecule has 0 aliphatic heterocycles. The van der Waals surface area contributed by atoms with Crippen LogP contribution in [0, 0.1) is 13.8 Å². The maximum Gasteiger partial charge on any atom is 0.333 e. The molecule has 0 radical (unpaired) electrons. The number of amides is 1. The van der Waals surface area contributed by atoms with Crippen molar-refractivity contribution in [1.29, 1.82) is 0 Å². The monoisotopic (exact) mass is 516 g/mol. The summed E-state index contributed by atoms with van der Waals surface area (Å²) < 4.78 is 16.2. The van der Waals surface area contributed by atoms with Crippen molar-refractivity contribution < 1.29 is 28.6 Å². The lowest BCUT2D eigenvalue weighted by Gasteiger charge is -2.18. The fourth-order valence-electron chi connectivity index (χ4n) is 3.67. The molecule has 8 heteroatoms. The highest BCUT2D eigenvalue weighted by molar-refractivity contribution is 5.99. The zero-order valence-corrected chi connectivity index (χ0v) is 22.5. The van der Waals surface area contributed by atoms with E-state index in [1.807, 2.05) is 62.4 Å². The Morgan fingerprint density at radius 3 is 1.97 bits per heavy atom. The Morgan fingerprint density at radius 2 is 1.47 bits per heavy atom. The summed E-state index contributed by atoms with van der Waals surface area (Å²) in [6, 6.07) is 16.3. The molecule has 1 heterocycles. The molecular weight excluding hydrogens is 484 g/mol. The van der Waals surface area contributed by atoms with E-state index >= 15 is 0 Å². The van der Waals surface area contributed by atoms with Crippen molar-refractivity contribution in [2.75, 3.05) is 7.11 Å². The Morgan fingerprint density at radius 1 is 0.921 bits per heavy atom. The van der Waals surface area contributed by atoms with Crippen molar-refractivity contribution in [3.05, 3.63) is 94.5 Å². The maximum absolute atomic E-state index is 13.0. The fraction of sp³-hybridized carbons (Fsp3) is 0.267. The number of allylic oxidation sites excluding steroid dienone is 1. The molecule has 0 spiro atoms. The second-order valence-corrected chi connectivity index (χ2v) is 8.80. The van der Waals surface area contributed by atoms with Crippen molar-refractivity contribution in [2.45, 2.75) is 47.1 Å². The predicted molar refractivity (Wildman–Crippen MR) is 144 cm³/mol. The summed E-state index contributed by atoms with van der Waals surface area (Å²) in [6.07, 6.45) is 1.44. The standard InChI is InChI=1S/C30H32N2O6/c1-7-25(33)38-28-24(36-6)16-17-31-27(28)29(34)32-20(4)30(35)37-21(5)26(22-12-8-18(2)9-13-22)23-14-10-19(3)11-15-23/h8-17,20H,7H2,1-6H3,(H,32,34)/t20-/m0/s1. The van der Waals surface area contributed by atoms with E-state index in [-0.39, 0.29) is 23.6 Å². The lowest BCUT2D eigenvalue weighted by Crippen LogP contribution is -2.40. The first-order valence-corrected chi connectivity index (χ1v) is 12.3. The molecule has 1 atom stereocenters. The Bertz CT molecular complexity index is 1300. The number of benzene rings is 2. The minimum absolute atomic E-state index is 0.0950. The molecule has 3 rings (SSSR count). The molecule has 0 aliphatic carbocycles. The zero-order valence-electron chi connectivity index (χ0n) is 22.5. The molecule has 3 aromatic rings. The lowest BCUT2D eigenvalue weighted by atomic mass is 9.95. The van der Waals surface area contributed by atoms with Gasteiger partial charge in [0.15, 0.2) is 11.4 Å². The number of nitrogens with one attached hydrogen (secondary N) is 1. The number of carbonyl (C=O) groups excluding carboxylic acids is 3. The van der Waals surface area contributed by atoms with Gasteiger partial charge in [-0.1, -0.05) is 66.6 Å². The first-order valence-electron chi connectivity index (χ1n) is 12.3. The van der Waals surface area contributed by atoms with E-state index < -0.39 is 23.9 Å². The summed E-state index contributed by atoms with van der Waals surface area (Å²) in [7, 11) is 1.38. The molecule has 0 aliphatic rings.